The summed E-state index contributed by atoms with van der Waals surface area (Å²) in [6.45, 7) is 0. The van der Waals surface area contributed by atoms with Crippen LogP contribution in [0.5, 0.6) is 0 Å². The van der Waals surface area contributed by atoms with Gasteiger partial charge in [0, 0.05) is 11.6 Å². The molecule has 0 aliphatic heterocycles. The number of carboxylic acids is 1. The van der Waals surface area contributed by atoms with Gasteiger partial charge in [-0.25, -0.2) is 18.3 Å². The van der Waals surface area contributed by atoms with Crippen LogP contribution in [0.3, 0.4) is 0 Å². The average molecular weight is 369 g/mol. The van der Waals surface area contributed by atoms with Crippen molar-refractivity contribution in [3.63, 3.8) is 0 Å². The van der Waals surface area contributed by atoms with E-state index in [0.717, 1.165) is 41.1 Å². The lowest BCUT2D eigenvalue weighted by atomic mass is 10.1. The Morgan fingerprint density at radius 2 is 1.58 bits per heavy atom. The molecule has 1 N–H and O–H groups in total. The van der Waals surface area contributed by atoms with Crippen molar-refractivity contribution in [1.29, 1.82) is 0 Å². The van der Waals surface area contributed by atoms with Gasteiger partial charge < -0.3 is 5.11 Å². The smallest absolute Gasteiger partial charge is 0.416 e. The van der Waals surface area contributed by atoms with Crippen LogP contribution in [-0.4, -0.2) is 26.1 Å². The first-order valence-corrected chi connectivity index (χ1v) is 7.00. The first-order chi connectivity index (χ1) is 12.2. The lowest BCUT2D eigenvalue weighted by molar-refractivity contribution is -0.137. The Bertz CT molecular complexity index is 960. The molecule has 0 fully saturated rings. The molecule has 0 amide bonds. The van der Waals surface area contributed by atoms with E-state index in [1.165, 1.54) is 0 Å². The Hall–Kier alpha value is -3.30. The summed E-state index contributed by atoms with van der Waals surface area (Å²) in [5.74, 6) is -3.43. The molecular formula is C16H8F5N3O2. The second kappa shape index (κ2) is 6.21. The largest absolute Gasteiger partial charge is 0.476 e. The van der Waals surface area contributed by atoms with Gasteiger partial charge in [0.05, 0.1) is 11.3 Å². The van der Waals surface area contributed by atoms with Gasteiger partial charge in [-0.05, 0) is 36.4 Å². The summed E-state index contributed by atoms with van der Waals surface area (Å²) in [7, 11) is 0. The zero-order valence-corrected chi connectivity index (χ0v) is 12.6. The van der Waals surface area contributed by atoms with Gasteiger partial charge >= 0.3 is 12.1 Å². The molecule has 0 aliphatic carbocycles. The number of carbonyl (C=O) groups is 1. The molecule has 1 heterocycles. The third kappa shape index (κ3) is 3.25. The van der Waals surface area contributed by atoms with Crippen LogP contribution in [0.1, 0.15) is 16.1 Å². The molecule has 0 spiro atoms. The molecule has 10 heteroatoms. The second-order valence-corrected chi connectivity index (χ2v) is 5.21. The molecule has 0 radical (unpaired) electrons. The molecule has 0 saturated carbocycles. The number of hydrogen-bond donors (Lipinski definition) is 1. The Balaban J connectivity index is 2.18. The van der Waals surface area contributed by atoms with Crippen molar-refractivity contribution in [2.24, 2.45) is 0 Å². The van der Waals surface area contributed by atoms with Crippen molar-refractivity contribution in [1.82, 2.24) is 15.0 Å². The third-order valence-electron chi connectivity index (χ3n) is 3.45. The van der Waals surface area contributed by atoms with E-state index < -0.39 is 35.0 Å². The van der Waals surface area contributed by atoms with Gasteiger partial charge in [0.2, 0.25) is 0 Å². The molecule has 0 atom stereocenters. The zero-order chi connectivity index (χ0) is 19.1. The molecule has 3 rings (SSSR count). The van der Waals surface area contributed by atoms with Gasteiger partial charge in [-0.3, -0.25) is 0 Å². The van der Waals surface area contributed by atoms with Gasteiger partial charge in [0.25, 0.3) is 0 Å². The number of halogens is 5. The van der Waals surface area contributed by atoms with Crippen LogP contribution < -0.4 is 0 Å². The molecule has 3 aromatic rings. The molecule has 0 bridgehead atoms. The lowest BCUT2D eigenvalue weighted by Gasteiger charge is -2.10. The maximum Gasteiger partial charge on any atom is 0.416 e. The SMILES string of the molecule is O=C(O)c1nnn(-c2ccc(C(F)(F)F)cc2)c1-c1cc(F)cc(F)c1. The highest BCUT2D eigenvalue weighted by Gasteiger charge is 2.30. The molecule has 2 aromatic carbocycles. The highest BCUT2D eigenvalue weighted by atomic mass is 19.4. The topological polar surface area (TPSA) is 68.0 Å². The quantitative estimate of drug-likeness (QED) is 0.711. The van der Waals surface area contributed by atoms with Crippen LogP contribution in [-0.2, 0) is 6.18 Å². The van der Waals surface area contributed by atoms with Crippen molar-refractivity contribution in [3.8, 4) is 16.9 Å². The summed E-state index contributed by atoms with van der Waals surface area (Å²) in [5, 5.41) is 16.3. The van der Waals surface area contributed by atoms with E-state index in [2.05, 4.69) is 10.3 Å². The predicted molar refractivity (Wildman–Crippen MR) is 78.7 cm³/mol. The summed E-state index contributed by atoms with van der Waals surface area (Å²) in [5.41, 5.74) is -1.92. The van der Waals surface area contributed by atoms with Crippen molar-refractivity contribution >= 4 is 5.97 Å². The average Bonchev–Trinajstić information content (AvgIpc) is 2.98. The van der Waals surface area contributed by atoms with E-state index in [1.807, 2.05) is 0 Å². The zero-order valence-electron chi connectivity index (χ0n) is 12.6. The number of alkyl halides is 3. The summed E-state index contributed by atoms with van der Waals surface area (Å²) in [6, 6.07) is 5.96. The Labute approximate surface area is 142 Å². The predicted octanol–water partition coefficient (Wildman–Crippen LogP) is 3.93. The standard InChI is InChI=1S/C16H8F5N3O2/c17-10-5-8(6-11(18)7-10)14-13(15(25)26)22-23-24(14)12-3-1-9(2-4-12)16(19,20)21/h1-7H,(H,25,26). The van der Waals surface area contributed by atoms with Crippen LogP contribution >= 0.6 is 0 Å². The minimum atomic E-state index is -4.55. The number of hydrogen-bond acceptors (Lipinski definition) is 3. The maximum absolute atomic E-state index is 13.5. The fraction of sp³-hybridized carbons (Fsp3) is 0.0625. The first kappa shape index (κ1) is 17.5. The van der Waals surface area contributed by atoms with Crippen molar-refractivity contribution < 1.29 is 31.9 Å². The van der Waals surface area contributed by atoms with Crippen LogP contribution in [0, 0.1) is 11.6 Å². The normalized spacial score (nSPS) is 11.6. The fourth-order valence-electron chi connectivity index (χ4n) is 2.35. The Kier molecular flexibility index (Phi) is 4.18. The molecule has 1 aromatic heterocycles. The van der Waals surface area contributed by atoms with Crippen molar-refractivity contribution in [3.05, 3.63) is 65.4 Å². The van der Waals surface area contributed by atoms with Crippen molar-refractivity contribution in [2.45, 2.75) is 6.18 Å². The molecular weight excluding hydrogens is 361 g/mol. The van der Waals surface area contributed by atoms with Gasteiger partial charge in [0.1, 0.15) is 17.3 Å². The highest BCUT2D eigenvalue weighted by molar-refractivity contribution is 5.93. The number of nitrogens with zero attached hydrogens (tertiary/aromatic N) is 3. The number of rotatable bonds is 3. The van der Waals surface area contributed by atoms with E-state index in [1.54, 1.807) is 0 Å². The van der Waals surface area contributed by atoms with E-state index in [4.69, 9.17) is 0 Å². The van der Waals surface area contributed by atoms with Crippen molar-refractivity contribution in [2.75, 3.05) is 0 Å². The van der Waals surface area contributed by atoms with Gasteiger partial charge in [-0.1, -0.05) is 5.21 Å². The van der Waals surface area contributed by atoms with Gasteiger partial charge in [0.15, 0.2) is 5.69 Å². The fourth-order valence-corrected chi connectivity index (χ4v) is 2.35. The summed E-state index contributed by atoms with van der Waals surface area (Å²) < 4.78 is 65.9. The lowest BCUT2D eigenvalue weighted by Crippen LogP contribution is -2.06. The molecule has 26 heavy (non-hydrogen) atoms. The summed E-state index contributed by atoms with van der Waals surface area (Å²) in [6.07, 6.45) is -4.55. The summed E-state index contributed by atoms with van der Waals surface area (Å²) in [4.78, 5) is 11.3. The van der Waals surface area contributed by atoms with E-state index in [0.29, 0.717) is 6.07 Å². The minimum Gasteiger partial charge on any atom is -0.476 e. The number of aromatic nitrogens is 3. The van der Waals surface area contributed by atoms with Gasteiger partial charge in [-0.2, -0.15) is 13.2 Å². The van der Waals surface area contributed by atoms with Crippen LogP contribution in [0.15, 0.2) is 42.5 Å². The van der Waals surface area contributed by atoms with E-state index in [-0.39, 0.29) is 16.9 Å². The first-order valence-electron chi connectivity index (χ1n) is 7.00. The third-order valence-corrected chi connectivity index (χ3v) is 3.45. The number of carboxylic acid groups (broad SMARTS) is 1. The molecule has 0 saturated heterocycles. The Morgan fingerprint density at radius 1 is 1.00 bits per heavy atom. The van der Waals surface area contributed by atoms with Crippen LogP contribution in [0.2, 0.25) is 0 Å². The van der Waals surface area contributed by atoms with Gasteiger partial charge in [-0.15, -0.1) is 5.10 Å². The van der Waals surface area contributed by atoms with E-state index >= 15 is 0 Å². The van der Waals surface area contributed by atoms with E-state index in [9.17, 15) is 31.9 Å². The van der Waals surface area contributed by atoms with Crippen LogP contribution in [0.4, 0.5) is 22.0 Å². The maximum atomic E-state index is 13.5. The number of aromatic carboxylic acids is 1. The van der Waals surface area contributed by atoms with Crippen LogP contribution in [0.25, 0.3) is 16.9 Å². The molecule has 5 nitrogen and oxygen atoms in total. The summed E-state index contributed by atoms with van der Waals surface area (Å²) >= 11 is 0. The molecule has 0 aliphatic rings. The minimum absolute atomic E-state index is 0.0395. The molecule has 0 unspecified atom stereocenters. The molecule has 134 valence electrons. The highest BCUT2D eigenvalue weighted by Crippen LogP contribution is 2.31. The number of benzene rings is 2. The Morgan fingerprint density at radius 3 is 2.08 bits per heavy atom. The monoisotopic (exact) mass is 369 g/mol. The second-order valence-electron chi connectivity index (χ2n) is 5.21.